The van der Waals surface area contributed by atoms with Crippen molar-refractivity contribution in [2.45, 2.75) is 49.1 Å². The summed E-state index contributed by atoms with van der Waals surface area (Å²) >= 11 is 1.71. The summed E-state index contributed by atoms with van der Waals surface area (Å²) in [5.74, 6) is 4.22. The molecule has 0 atom stereocenters. The number of hydrogen-bond acceptors (Lipinski definition) is 3. The zero-order valence-electron chi connectivity index (χ0n) is 11.2. The summed E-state index contributed by atoms with van der Waals surface area (Å²) in [5, 5.41) is 10.0. The molecule has 1 aromatic heterocycles. The van der Waals surface area contributed by atoms with Crippen LogP contribution in [0.3, 0.4) is 0 Å². The molecule has 18 heavy (non-hydrogen) atoms. The Labute approximate surface area is 113 Å². The van der Waals surface area contributed by atoms with Crippen molar-refractivity contribution in [1.29, 1.82) is 0 Å². The van der Waals surface area contributed by atoms with Crippen molar-refractivity contribution in [3.05, 3.63) is 5.82 Å². The zero-order chi connectivity index (χ0) is 12.3. The topological polar surface area (TPSA) is 30.7 Å². The van der Waals surface area contributed by atoms with E-state index in [9.17, 15) is 0 Å². The molecule has 0 aliphatic heterocycles. The Kier molecular flexibility index (Phi) is 2.36. The van der Waals surface area contributed by atoms with E-state index in [4.69, 9.17) is 0 Å². The predicted molar refractivity (Wildman–Crippen MR) is 72.6 cm³/mol. The van der Waals surface area contributed by atoms with Gasteiger partial charge >= 0.3 is 0 Å². The smallest absolute Gasteiger partial charge is 0.190 e. The third kappa shape index (κ3) is 1.44. The lowest BCUT2D eigenvalue weighted by Crippen LogP contribution is -2.49. The molecule has 0 N–H and O–H groups in total. The lowest BCUT2D eigenvalue weighted by molar-refractivity contribution is -0.0109. The van der Waals surface area contributed by atoms with Crippen molar-refractivity contribution >= 4 is 11.8 Å². The van der Waals surface area contributed by atoms with E-state index in [0.29, 0.717) is 5.41 Å². The van der Waals surface area contributed by atoms with Gasteiger partial charge in [0, 0.05) is 12.5 Å². The number of hydrogen-bond donors (Lipinski definition) is 0. The molecule has 4 aliphatic carbocycles. The van der Waals surface area contributed by atoms with Crippen LogP contribution in [0.5, 0.6) is 0 Å². The van der Waals surface area contributed by atoms with Gasteiger partial charge in [-0.3, -0.25) is 0 Å². The highest BCUT2D eigenvalue weighted by atomic mass is 32.2. The Bertz CT molecular complexity index is 444. The van der Waals surface area contributed by atoms with Gasteiger partial charge in [0.15, 0.2) is 5.16 Å². The van der Waals surface area contributed by atoms with Gasteiger partial charge < -0.3 is 4.57 Å². The average molecular weight is 263 g/mol. The van der Waals surface area contributed by atoms with Gasteiger partial charge in [-0.1, -0.05) is 11.8 Å². The Morgan fingerprint density at radius 3 is 2.06 bits per heavy atom. The first-order valence-corrected chi connectivity index (χ1v) is 8.36. The summed E-state index contributed by atoms with van der Waals surface area (Å²) in [6, 6.07) is 0. The fraction of sp³-hybridized carbons (Fsp3) is 0.857. The highest BCUT2D eigenvalue weighted by Gasteiger charge is 2.53. The van der Waals surface area contributed by atoms with Crippen LogP contribution in [-0.4, -0.2) is 21.0 Å². The second-order valence-electron chi connectivity index (χ2n) is 6.77. The number of rotatable bonds is 2. The molecule has 0 radical (unpaired) electrons. The van der Waals surface area contributed by atoms with Gasteiger partial charge in [0.2, 0.25) is 0 Å². The summed E-state index contributed by atoms with van der Waals surface area (Å²) in [4.78, 5) is 0. The monoisotopic (exact) mass is 263 g/mol. The van der Waals surface area contributed by atoms with Crippen molar-refractivity contribution in [1.82, 2.24) is 14.8 Å². The standard InChI is InChI=1S/C14H21N3S/c1-17-12(15-16-13(17)18-2)14-6-9-3-10(7-14)5-11(4-9)8-14/h9-11H,3-8H2,1-2H3. The molecule has 1 aromatic rings. The molecule has 5 rings (SSSR count). The first-order chi connectivity index (χ1) is 8.70. The lowest BCUT2D eigenvalue weighted by Gasteiger charge is -2.56. The van der Waals surface area contributed by atoms with Crippen LogP contribution in [0.25, 0.3) is 0 Å². The first kappa shape index (κ1) is 11.3. The van der Waals surface area contributed by atoms with Gasteiger partial charge in [0.1, 0.15) is 5.82 Å². The Hall–Kier alpha value is -0.510. The van der Waals surface area contributed by atoms with Crippen molar-refractivity contribution in [3.8, 4) is 0 Å². The molecule has 0 amide bonds. The maximum Gasteiger partial charge on any atom is 0.190 e. The Balaban J connectivity index is 1.76. The molecule has 0 aromatic carbocycles. The molecule has 4 aliphatic rings. The van der Waals surface area contributed by atoms with Gasteiger partial charge in [0.25, 0.3) is 0 Å². The van der Waals surface area contributed by atoms with E-state index < -0.39 is 0 Å². The van der Waals surface area contributed by atoms with Crippen LogP contribution in [0.4, 0.5) is 0 Å². The molecular formula is C14H21N3S. The van der Waals surface area contributed by atoms with Gasteiger partial charge in [-0.2, -0.15) is 0 Å². The van der Waals surface area contributed by atoms with E-state index in [-0.39, 0.29) is 0 Å². The van der Waals surface area contributed by atoms with Gasteiger partial charge in [-0.05, 0) is 62.5 Å². The van der Waals surface area contributed by atoms with Crippen LogP contribution in [-0.2, 0) is 12.5 Å². The Morgan fingerprint density at radius 1 is 1.06 bits per heavy atom. The van der Waals surface area contributed by atoms with Crippen molar-refractivity contribution in [3.63, 3.8) is 0 Å². The molecule has 4 saturated carbocycles. The largest absolute Gasteiger partial charge is 0.309 e. The highest BCUT2D eigenvalue weighted by molar-refractivity contribution is 7.98. The minimum Gasteiger partial charge on any atom is -0.309 e. The highest BCUT2D eigenvalue weighted by Crippen LogP contribution is 2.60. The van der Waals surface area contributed by atoms with E-state index in [1.807, 2.05) is 0 Å². The quantitative estimate of drug-likeness (QED) is 0.769. The first-order valence-electron chi connectivity index (χ1n) is 7.14. The summed E-state index contributed by atoms with van der Waals surface area (Å²) in [5.41, 5.74) is 0.379. The van der Waals surface area contributed by atoms with E-state index >= 15 is 0 Å². The second-order valence-corrected chi connectivity index (χ2v) is 7.54. The normalized spacial score (nSPS) is 41.6. The summed E-state index contributed by atoms with van der Waals surface area (Å²) in [6.07, 6.45) is 10.7. The summed E-state index contributed by atoms with van der Waals surface area (Å²) in [7, 11) is 2.15. The second kappa shape index (κ2) is 3.75. The van der Waals surface area contributed by atoms with Gasteiger partial charge in [-0.15, -0.1) is 10.2 Å². The van der Waals surface area contributed by atoms with Gasteiger partial charge in [0.05, 0.1) is 0 Å². The third-order valence-corrected chi connectivity index (χ3v) is 6.25. The van der Waals surface area contributed by atoms with E-state index in [1.165, 1.54) is 44.3 Å². The molecular weight excluding hydrogens is 242 g/mol. The van der Waals surface area contributed by atoms with Crippen LogP contribution in [0.15, 0.2) is 5.16 Å². The van der Waals surface area contributed by atoms with E-state index in [2.05, 4.69) is 28.1 Å². The molecule has 0 unspecified atom stereocenters. The maximum atomic E-state index is 4.57. The molecule has 1 heterocycles. The maximum absolute atomic E-state index is 4.57. The zero-order valence-corrected chi connectivity index (χ0v) is 12.0. The Morgan fingerprint density at radius 2 is 1.61 bits per heavy atom. The minimum absolute atomic E-state index is 0.379. The fourth-order valence-corrected chi connectivity index (χ4v) is 5.82. The van der Waals surface area contributed by atoms with Crippen molar-refractivity contribution < 1.29 is 0 Å². The molecule has 3 nitrogen and oxygen atoms in total. The molecule has 0 spiro atoms. The van der Waals surface area contributed by atoms with Crippen LogP contribution in [0.1, 0.15) is 44.3 Å². The number of nitrogens with zero attached hydrogens (tertiary/aromatic N) is 3. The minimum atomic E-state index is 0.379. The average Bonchev–Trinajstić information content (AvgIpc) is 2.69. The van der Waals surface area contributed by atoms with Crippen LogP contribution in [0, 0.1) is 17.8 Å². The molecule has 4 bridgehead atoms. The predicted octanol–water partition coefficient (Wildman–Crippen LogP) is 3.00. The van der Waals surface area contributed by atoms with Crippen molar-refractivity contribution in [2.75, 3.05) is 6.26 Å². The third-order valence-electron chi connectivity index (χ3n) is 5.53. The van der Waals surface area contributed by atoms with E-state index in [1.54, 1.807) is 11.8 Å². The van der Waals surface area contributed by atoms with Crippen LogP contribution < -0.4 is 0 Å². The summed E-state index contributed by atoms with van der Waals surface area (Å²) < 4.78 is 2.26. The summed E-state index contributed by atoms with van der Waals surface area (Å²) in [6.45, 7) is 0. The molecule has 4 heteroatoms. The van der Waals surface area contributed by atoms with E-state index in [0.717, 1.165) is 22.9 Å². The molecule has 98 valence electrons. The van der Waals surface area contributed by atoms with Crippen molar-refractivity contribution in [2.24, 2.45) is 24.8 Å². The molecule has 4 fully saturated rings. The lowest BCUT2D eigenvalue weighted by atomic mass is 9.49. The van der Waals surface area contributed by atoms with Crippen LogP contribution >= 0.6 is 11.8 Å². The van der Waals surface area contributed by atoms with Gasteiger partial charge in [-0.25, -0.2) is 0 Å². The van der Waals surface area contributed by atoms with Crippen LogP contribution in [0.2, 0.25) is 0 Å². The number of thioether (sulfide) groups is 1. The fourth-order valence-electron chi connectivity index (χ4n) is 5.34. The SMILES string of the molecule is CSc1nnc(C23CC4CC(CC(C4)C2)C3)n1C. The molecule has 0 saturated heterocycles. The number of aromatic nitrogens is 3.